The zero-order valence-corrected chi connectivity index (χ0v) is 19.4. The Balaban J connectivity index is 1.63. The third-order valence-corrected chi connectivity index (χ3v) is 5.80. The fraction of sp³-hybridized carbons (Fsp3) is 0.160. The van der Waals surface area contributed by atoms with Crippen molar-refractivity contribution in [1.82, 2.24) is 9.55 Å². The fourth-order valence-corrected chi connectivity index (χ4v) is 4.19. The van der Waals surface area contributed by atoms with Gasteiger partial charge in [-0.15, -0.1) is 0 Å². The maximum atomic E-state index is 13.3. The second-order valence-electron chi connectivity index (χ2n) is 7.19. The van der Waals surface area contributed by atoms with Gasteiger partial charge in [-0.2, -0.15) is 8.78 Å². The van der Waals surface area contributed by atoms with Crippen molar-refractivity contribution >= 4 is 34.3 Å². The zero-order valence-electron chi connectivity index (χ0n) is 18.6. The van der Waals surface area contributed by atoms with Crippen LogP contribution in [-0.4, -0.2) is 34.4 Å². The summed E-state index contributed by atoms with van der Waals surface area (Å²) in [5, 5.41) is 3.49. The first kappa shape index (κ1) is 24.2. The van der Waals surface area contributed by atoms with Crippen LogP contribution in [0.4, 0.5) is 14.5 Å². The highest BCUT2D eigenvalue weighted by atomic mass is 32.2. The van der Waals surface area contributed by atoms with Gasteiger partial charge in [0.25, 0.3) is 5.56 Å². The smallest absolute Gasteiger partial charge is 0.387 e. The number of aromatic nitrogens is 2. The Hall–Kier alpha value is -3.92. The first-order valence-electron chi connectivity index (χ1n) is 10.7. The number of fused-ring (bicyclic) bond motifs is 1. The number of carbonyl (C=O) groups is 1. The lowest BCUT2D eigenvalue weighted by molar-refractivity contribution is -0.113. The van der Waals surface area contributed by atoms with Gasteiger partial charge in [-0.25, -0.2) is 4.98 Å². The monoisotopic (exact) mass is 497 g/mol. The summed E-state index contributed by atoms with van der Waals surface area (Å²) in [6.45, 7) is -0.648. The average Bonchev–Trinajstić information content (AvgIpc) is 2.85. The molecule has 4 aromatic rings. The maximum Gasteiger partial charge on any atom is 0.387 e. The number of amides is 1. The summed E-state index contributed by atoms with van der Waals surface area (Å²) < 4.78 is 36.3. The lowest BCUT2D eigenvalue weighted by Crippen LogP contribution is -2.23. The predicted octanol–water partition coefficient (Wildman–Crippen LogP) is 5.12. The van der Waals surface area contributed by atoms with Crippen LogP contribution in [0.1, 0.15) is 6.92 Å². The van der Waals surface area contributed by atoms with Crippen LogP contribution in [0.15, 0.2) is 82.7 Å². The van der Waals surface area contributed by atoms with Gasteiger partial charge in [0.05, 0.1) is 34.6 Å². The van der Waals surface area contributed by atoms with Crippen molar-refractivity contribution in [3.8, 4) is 17.2 Å². The van der Waals surface area contributed by atoms with E-state index in [1.165, 1.54) is 28.8 Å². The van der Waals surface area contributed by atoms with Crippen LogP contribution in [0, 0.1) is 0 Å². The summed E-state index contributed by atoms with van der Waals surface area (Å²) in [7, 11) is 0. The molecule has 180 valence electrons. The van der Waals surface area contributed by atoms with E-state index in [2.05, 4.69) is 15.0 Å². The molecule has 4 rings (SSSR count). The molecule has 7 nitrogen and oxygen atoms in total. The van der Waals surface area contributed by atoms with E-state index in [0.29, 0.717) is 34.6 Å². The molecule has 3 aromatic carbocycles. The standard InChI is InChI=1S/C25H21F2N3O4S/c1-2-33-21-10-6-5-9-20(21)28-22(31)15-35-25-29-19-8-4-3-7-18(19)23(32)30(25)16-11-13-17(14-12-16)34-24(26)27/h3-14,24H,2,15H2,1H3,(H,28,31). The van der Waals surface area contributed by atoms with Gasteiger partial charge in [-0.05, 0) is 55.5 Å². The molecule has 1 aromatic heterocycles. The summed E-state index contributed by atoms with van der Waals surface area (Å²) in [6, 6.07) is 19.6. The number of halogens is 2. The molecule has 0 fully saturated rings. The molecule has 0 aliphatic heterocycles. The summed E-state index contributed by atoms with van der Waals surface area (Å²) >= 11 is 1.08. The zero-order chi connectivity index (χ0) is 24.8. The van der Waals surface area contributed by atoms with Crippen LogP contribution in [0.3, 0.4) is 0 Å². The lowest BCUT2D eigenvalue weighted by atomic mass is 10.2. The average molecular weight is 498 g/mol. The van der Waals surface area contributed by atoms with Gasteiger partial charge in [0.2, 0.25) is 5.91 Å². The first-order valence-corrected chi connectivity index (χ1v) is 11.7. The number of nitrogens with zero attached hydrogens (tertiary/aromatic N) is 2. The van der Waals surface area contributed by atoms with Crippen LogP contribution in [0.25, 0.3) is 16.6 Å². The molecule has 0 saturated carbocycles. The molecular formula is C25H21F2N3O4S. The summed E-state index contributed by atoms with van der Waals surface area (Å²) in [5.74, 6) is 0.182. The highest BCUT2D eigenvalue weighted by Crippen LogP contribution is 2.26. The maximum absolute atomic E-state index is 13.3. The van der Waals surface area contributed by atoms with Crippen molar-refractivity contribution < 1.29 is 23.0 Å². The number of benzene rings is 3. The highest BCUT2D eigenvalue weighted by molar-refractivity contribution is 7.99. The lowest BCUT2D eigenvalue weighted by Gasteiger charge is -2.14. The van der Waals surface area contributed by atoms with E-state index < -0.39 is 6.61 Å². The quantitative estimate of drug-likeness (QED) is 0.255. The Morgan fingerprint density at radius 3 is 2.51 bits per heavy atom. The highest BCUT2D eigenvalue weighted by Gasteiger charge is 2.16. The fourth-order valence-electron chi connectivity index (χ4n) is 3.38. The predicted molar refractivity (Wildman–Crippen MR) is 131 cm³/mol. The van der Waals surface area contributed by atoms with Gasteiger partial charge in [0.15, 0.2) is 5.16 Å². The number of alkyl halides is 2. The third kappa shape index (κ3) is 5.78. The van der Waals surface area contributed by atoms with Crippen LogP contribution in [0.5, 0.6) is 11.5 Å². The third-order valence-electron chi connectivity index (χ3n) is 4.86. The van der Waals surface area contributed by atoms with Crippen molar-refractivity contribution in [3.05, 3.63) is 83.2 Å². The number of carbonyl (C=O) groups excluding carboxylic acids is 1. The molecule has 0 aliphatic carbocycles. The topological polar surface area (TPSA) is 82.5 Å². The molecule has 0 aliphatic rings. The van der Waals surface area contributed by atoms with E-state index in [1.54, 1.807) is 42.5 Å². The Bertz CT molecular complexity index is 1390. The van der Waals surface area contributed by atoms with Crippen molar-refractivity contribution in [2.45, 2.75) is 18.7 Å². The Morgan fingerprint density at radius 1 is 1.06 bits per heavy atom. The number of para-hydroxylation sites is 3. The van der Waals surface area contributed by atoms with Gasteiger partial charge in [-0.1, -0.05) is 36.0 Å². The first-order chi connectivity index (χ1) is 17.0. The number of hydrogen-bond acceptors (Lipinski definition) is 6. The molecule has 1 heterocycles. The number of anilines is 1. The molecule has 0 bridgehead atoms. The Labute approximate surface area is 203 Å². The molecule has 0 saturated heterocycles. The van der Waals surface area contributed by atoms with E-state index in [0.717, 1.165) is 11.8 Å². The second-order valence-corrected chi connectivity index (χ2v) is 8.13. The minimum atomic E-state index is -2.96. The van der Waals surface area contributed by atoms with Crippen molar-refractivity contribution in [2.75, 3.05) is 17.7 Å². The van der Waals surface area contributed by atoms with Crippen LogP contribution >= 0.6 is 11.8 Å². The largest absolute Gasteiger partial charge is 0.492 e. The van der Waals surface area contributed by atoms with Crippen LogP contribution in [0.2, 0.25) is 0 Å². The number of nitrogens with one attached hydrogen (secondary N) is 1. The summed E-state index contributed by atoms with van der Waals surface area (Å²) in [4.78, 5) is 30.6. The number of rotatable bonds is 9. The van der Waals surface area contributed by atoms with Crippen LogP contribution in [-0.2, 0) is 4.79 Å². The molecule has 0 atom stereocenters. The van der Waals surface area contributed by atoms with Crippen molar-refractivity contribution in [2.24, 2.45) is 0 Å². The number of hydrogen-bond donors (Lipinski definition) is 1. The van der Waals surface area contributed by atoms with Gasteiger partial charge >= 0.3 is 6.61 Å². The molecule has 1 amide bonds. The molecule has 0 radical (unpaired) electrons. The van der Waals surface area contributed by atoms with Crippen molar-refractivity contribution in [3.63, 3.8) is 0 Å². The van der Waals surface area contributed by atoms with Gasteiger partial charge < -0.3 is 14.8 Å². The van der Waals surface area contributed by atoms with Crippen LogP contribution < -0.4 is 20.3 Å². The summed E-state index contributed by atoms with van der Waals surface area (Å²) in [6.07, 6.45) is 0. The Morgan fingerprint density at radius 2 is 1.77 bits per heavy atom. The molecule has 1 N–H and O–H groups in total. The molecule has 35 heavy (non-hydrogen) atoms. The SMILES string of the molecule is CCOc1ccccc1NC(=O)CSc1nc2ccccc2c(=O)n1-c1ccc(OC(F)F)cc1. The van der Waals surface area contributed by atoms with E-state index >= 15 is 0 Å². The minimum absolute atomic E-state index is 0.0299. The Kier molecular flexibility index (Phi) is 7.61. The van der Waals surface area contributed by atoms with Gasteiger partial charge in [-0.3, -0.25) is 14.2 Å². The normalized spacial score (nSPS) is 11.0. The second kappa shape index (κ2) is 11.0. The number of thioether (sulfide) groups is 1. The number of ether oxygens (including phenoxy) is 2. The van der Waals surface area contributed by atoms with Gasteiger partial charge in [0.1, 0.15) is 11.5 Å². The molecule has 0 spiro atoms. The van der Waals surface area contributed by atoms with E-state index in [9.17, 15) is 18.4 Å². The summed E-state index contributed by atoms with van der Waals surface area (Å²) in [5.41, 5.74) is 1.08. The molecule has 10 heteroatoms. The molecular weight excluding hydrogens is 476 g/mol. The van der Waals surface area contributed by atoms with Gasteiger partial charge in [0, 0.05) is 0 Å². The van der Waals surface area contributed by atoms with E-state index in [-0.39, 0.29) is 28.1 Å². The molecule has 0 unspecified atom stereocenters. The van der Waals surface area contributed by atoms with Crippen molar-refractivity contribution in [1.29, 1.82) is 0 Å². The minimum Gasteiger partial charge on any atom is -0.492 e. The van der Waals surface area contributed by atoms with E-state index in [4.69, 9.17) is 4.74 Å². The van der Waals surface area contributed by atoms with E-state index in [1.807, 2.05) is 13.0 Å².